The lowest BCUT2D eigenvalue weighted by Crippen LogP contribution is -2.05. The SMILES string of the molecule is Fc1ccc(-c2nnnn2Cc2cccnc2)c(F)c1Cl. The van der Waals surface area contributed by atoms with Gasteiger partial charge in [0.2, 0.25) is 0 Å². The van der Waals surface area contributed by atoms with Crippen molar-refractivity contribution in [1.82, 2.24) is 25.2 Å². The van der Waals surface area contributed by atoms with Gasteiger partial charge in [0.1, 0.15) is 10.8 Å². The van der Waals surface area contributed by atoms with Crippen LogP contribution < -0.4 is 0 Å². The van der Waals surface area contributed by atoms with Crippen LogP contribution >= 0.6 is 11.6 Å². The summed E-state index contributed by atoms with van der Waals surface area (Å²) < 4.78 is 28.7. The molecule has 0 N–H and O–H groups in total. The molecule has 0 saturated carbocycles. The molecule has 0 aliphatic heterocycles. The number of hydrogen-bond donors (Lipinski definition) is 0. The third-order valence-electron chi connectivity index (χ3n) is 2.86. The van der Waals surface area contributed by atoms with Crippen molar-refractivity contribution in [3.05, 3.63) is 58.9 Å². The first-order valence-corrected chi connectivity index (χ1v) is 6.33. The maximum absolute atomic E-state index is 14.1. The summed E-state index contributed by atoms with van der Waals surface area (Å²) in [5, 5.41) is 10.5. The Labute approximate surface area is 123 Å². The Balaban J connectivity index is 2.02. The van der Waals surface area contributed by atoms with Crippen molar-refractivity contribution in [2.75, 3.05) is 0 Å². The molecule has 3 aromatic rings. The number of rotatable bonds is 3. The number of pyridine rings is 1. The van der Waals surface area contributed by atoms with E-state index in [0.717, 1.165) is 11.6 Å². The summed E-state index contributed by atoms with van der Waals surface area (Å²) in [4.78, 5) is 3.98. The van der Waals surface area contributed by atoms with Crippen molar-refractivity contribution in [2.24, 2.45) is 0 Å². The number of nitrogens with zero attached hydrogens (tertiary/aromatic N) is 5. The highest BCUT2D eigenvalue weighted by Crippen LogP contribution is 2.28. The molecule has 0 atom stereocenters. The molecular weight excluding hydrogens is 300 g/mol. The fourth-order valence-electron chi connectivity index (χ4n) is 1.87. The zero-order valence-corrected chi connectivity index (χ0v) is 11.3. The van der Waals surface area contributed by atoms with E-state index in [0.29, 0.717) is 6.54 Å². The smallest absolute Gasteiger partial charge is 0.185 e. The fraction of sp³-hybridized carbons (Fsp3) is 0.0769. The van der Waals surface area contributed by atoms with Crippen molar-refractivity contribution in [3.8, 4) is 11.4 Å². The summed E-state index contributed by atoms with van der Waals surface area (Å²) in [7, 11) is 0. The molecule has 106 valence electrons. The maximum atomic E-state index is 14.1. The molecule has 2 aromatic heterocycles. The van der Waals surface area contributed by atoms with Gasteiger partial charge < -0.3 is 0 Å². The third kappa shape index (κ3) is 2.59. The molecule has 0 spiro atoms. The summed E-state index contributed by atoms with van der Waals surface area (Å²) in [5.41, 5.74) is 0.884. The van der Waals surface area contributed by atoms with Gasteiger partial charge in [-0.05, 0) is 34.2 Å². The van der Waals surface area contributed by atoms with Gasteiger partial charge in [-0.2, -0.15) is 0 Å². The molecule has 21 heavy (non-hydrogen) atoms. The zero-order chi connectivity index (χ0) is 14.8. The largest absolute Gasteiger partial charge is 0.264 e. The third-order valence-corrected chi connectivity index (χ3v) is 3.21. The minimum Gasteiger partial charge on any atom is -0.264 e. The Hall–Kier alpha value is -2.41. The van der Waals surface area contributed by atoms with Gasteiger partial charge >= 0.3 is 0 Å². The van der Waals surface area contributed by atoms with Crippen molar-refractivity contribution in [2.45, 2.75) is 6.54 Å². The minimum atomic E-state index is -0.890. The topological polar surface area (TPSA) is 56.5 Å². The molecule has 0 radical (unpaired) electrons. The highest BCUT2D eigenvalue weighted by molar-refractivity contribution is 6.31. The van der Waals surface area contributed by atoms with Gasteiger partial charge in [-0.3, -0.25) is 4.98 Å². The van der Waals surface area contributed by atoms with Crippen molar-refractivity contribution in [1.29, 1.82) is 0 Å². The Morgan fingerprint density at radius 1 is 1.19 bits per heavy atom. The monoisotopic (exact) mass is 307 g/mol. The van der Waals surface area contributed by atoms with E-state index < -0.39 is 16.7 Å². The molecule has 0 aliphatic carbocycles. The molecule has 0 saturated heterocycles. The van der Waals surface area contributed by atoms with Crippen LogP contribution in [0, 0.1) is 11.6 Å². The van der Waals surface area contributed by atoms with Crippen LogP contribution in [-0.2, 0) is 6.54 Å². The van der Waals surface area contributed by atoms with E-state index in [9.17, 15) is 8.78 Å². The maximum Gasteiger partial charge on any atom is 0.185 e. The molecular formula is C13H8ClF2N5. The predicted octanol–water partition coefficient (Wildman–Crippen LogP) is 2.72. The predicted molar refractivity (Wildman–Crippen MR) is 71.5 cm³/mol. The molecule has 3 rings (SSSR count). The average Bonchev–Trinajstić information content (AvgIpc) is 2.94. The van der Waals surface area contributed by atoms with E-state index in [4.69, 9.17) is 11.6 Å². The number of benzene rings is 1. The van der Waals surface area contributed by atoms with Crippen molar-refractivity contribution in [3.63, 3.8) is 0 Å². The van der Waals surface area contributed by atoms with Crippen molar-refractivity contribution < 1.29 is 8.78 Å². The Kier molecular flexibility index (Phi) is 3.57. The lowest BCUT2D eigenvalue weighted by molar-refractivity contribution is 0.583. The molecule has 0 unspecified atom stereocenters. The van der Waals surface area contributed by atoms with Gasteiger partial charge in [-0.25, -0.2) is 13.5 Å². The molecule has 5 nitrogen and oxygen atoms in total. The molecule has 1 aromatic carbocycles. The van der Waals surface area contributed by atoms with E-state index in [1.807, 2.05) is 6.07 Å². The number of tetrazole rings is 1. The van der Waals surface area contributed by atoms with Crippen LogP contribution in [0.1, 0.15) is 5.56 Å². The van der Waals surface area contributed by atoms with Crippen LogP contribution in [0.4, 0.5) is 8.78 Å². The van der Waals surface area contributed by atoms with Gasteiger partial charge in [0.25, 0.3) is 0 Å². The zero-order valence-electron chi connectivity index (χ0n) is 10.5. The quantitative estimate of drug-likeness (QED) is 0.698. The van der Waals surface area contributed by atoms with E-state index >= 15 is 0 Å². The molecule has 2 heterocycles. The lowest BCUT2D eigenvalue weighted by Gasteiger charge is -2.06. The van der Waals surface area contributed by atoms with Crippen LogP contribution in [0.15, 0.2) is 36.7 Å². The van der Waals surface area contributed by atoms with E-state index in [2.05, 4.69) is 20.5 Å². The number of hydrogen-bond acceptors (Lipinski definition) is 4. The van der Waals surface area contributed by atoms with Crippen LogP contribution in [0.2, 0.25) is 5.02 Å². The second kappa shape index (κ2) is 5.53. The first kappa shape index (κ1) is 13.6. The summed E-state index contributed by atoms with van der Waals surface area (Å²) in [6.45, 7) is 0.310. The van der Waals surface area contributed by atoms with Gasteiger partial charge in [-0.1, -0.05) is 17.7 Å². The first-order chi connectivity index (χ1) is 10.2. The summed E-state index contributed by atoms with van der Waals surface area (Å²) in [6, 6.07) is 5.94. The molecule has 0 fully saturated rings. The van der Waals surface area contributed by atoms with Gasteiger partial charge in [0.15, 0.2) is 11.6 Å². The van der Waals surface area contributed by atoms with Crippen LogP contribution in [0.3, 0.4) is 0 Å². The van der Waals surface area contributed by atoms with Crippen LogP contribution in [0.5, 0.6) is 0 Å². The fourth-order valence-corrected chi connectivity index (χ4v) is 2.03. The van der Waals surface area contributed by atoms with Gasteiger partial charge in [0.05, 0.1) is 12.1 Å². The van der Waals surface area contributed by atoms with E-state index in [1.54, 1.807) is 18.5 Å². The standard InChI is InChI=1S/C13H8ClF2N5/c14-11-10(15)4-3-9(12(11)16)13-18-19-20-21(13)7-8-2-1-5-17-6-8/h1-6H,7H2. The molecule has 0 amide bonds. The van der Waals surface area contributed by atoms with Crippen LogP contribution in [-0.4, -0.2) is 25.2 Å². The molecule has 8 heteroatoms. The van der Waals surface area contributed by atoms with E-state index in [-0.39, 0.29) is 11.4 Å². The highest BCUT2D eigenvalue weighted by atomic mass is 35.5. The molecule has 0 aliphatic rings. The first-order valence-electron chi connectivity index (χ1n) is 5.96. The summed E-state index contributed by atoms with van der Waals surface area (Å²) >= 11 is 5.57. The minimum absolute atomic E-state index is 0.0373. The Morgan fingerprint density at radius 2 is 2.05 bits per heavy atom. The summed E-state index contributed by atoms with van der Waals surface area (Å²) in [5.74, 6) is -1.55. The number of halogens is 3. The normalized spacial score (nSPS) is 10.8. The lowest BCUT2D eigenvalue weighted by atomic mass is 10.2. The highest BCUT2D eigenvalue weighted by Gasteiger charge is 2.18. The van der Waals surface area contributed by atoms with Crippen molar-refractivity contribution >= 4 is 11.6 Å². The average molecular weight is 308 g/mol. The van der Waals surface area contributed by atoms with E-state index in [1.165, 1.54) is 10.7 Å². The van der Waals surface area contributed by atoms with Gasteiger partial charge in [-0.15, -0.1) is 5.10 Å². The van der Waals surface area contributed by atoms with Gasteiger partial charge in [0, 0.05) is 12.4 Å². The second-order valence-electron chi connectivity index (χ2n) is 4.24. The number of aromatic nitrogens is 5. The summed E-state index contributed by atoms with van der Waals surface area (Å²) in [6.07, 6.45) is 3.29. The Bertz CT molecular complexity index is 775. The molecule has 0 bridgehead atoms. The van der Waals surface area contributed by atoms with Crippen LogP contribution in [0.25, 0.3) is 11.4 Å². The second-order valence-corrected chi connectivity index (χ2v) is 4.62. The Morgan fingerprint density at radius 3 is 2.81 bits per heavy atom.